The fraction of sp³-hybridized carbons (Fsp3) is 0.400. The first kappa shape index (κ1) is 26.1. The number of esters is 2. The maximum Gasteiger partial charge on any atom is 0.416 e. The minimum absolute atomic E-state index is 0.0390. The van der Waals surface area contributed by atoms with Gasteiger partial charge in [-0.25, -0.2) is 0 Å². The van der Waals surface area contributed by atoms with Crippen LogP contribution in [0.25, 0.3) is 0 Å². The SMILES string of the molecule is CC(C)OC(=O)C(C(=O)OC(C)C)[C@H](CC(=O)c1ccc(C(F)(F)F)cc1)c1ccccc1. The van der Waals surface area contributed by atoms with Crippen molar-refractivity contribution in [1.29, 1.82) is 0 Å². The minimum atomic E-state index is -4.53. The molecule has 178 valence electrons. The van der Waals surface area contributed by atoms with E-state index in [0.717, 1.165) is 24.3 Å². The zero-order valence-corrected chi connectivity index (χ0v) is 18.9. The largest absolute Gasteiger partial charge is 0.462 e. The van der Waals surface area contributed by atoms with Gasteiger partial charge in [0.25, 0.3) is 0 Å². The molecule has 0 fully saturated rings. The second-order valence-corrected chi connectivity index (χ2v) is 8.17. The summed E-state index contributed by atoms with van der Waals surface area (Å²) in [6.07, 6.45) is -5.84. The van der Waals surface area contributed by atoms with Crippen molar-refractivity contribution in [2.75, 3.05) is 0 Å². The first-order valence-electron chi connectivity index (χ1n) is 10.6. The molecule has 0 aliphatic rings. The van der Waals surface area contributed by atoms with Gasteiger partial charge in [0.05, 0.1) is 17.8 Å². The summed E-state index contributed by atoms with van der Waals surface area (Å²) in [7, 11) is 0. The number of ether oxygens (including phenoxy) is 2. The Bertz CT molecular complexity index is 928. The lowest BCUT2D eigenvalue weighted by molar-refractivity contribution is -0.167. The number of benzene rings is 2. The van der Waals surface area contributed by atoms with Gasteiger partial charge in [-0.05, 0) is 45.4 Å². The first-order valence-corrected chi connectivity index (χ1v) is 10.6. The van der Waals surface area contributed by atoms with Crippen LogP contribution in [-0.4, -0.2) is 29.9 Å². The highest BCUT2D eigenvalue weighted by Crippen LogP contribution is 2.33. The summed E-state index contributed by atoms with van der Waals surface area (Å²) in [5, 5.41) is 0. The van der Waals surface area contributed by atoms with E-state index in [2.05, 4.69) is 0 Å². The lowest BCUT2D eigenvalue weighted by Gasteiger charge is -2.26. The van der Waals surface area contributed by atoms with Crippen molar-refractivity contribution in [3.63, 3.8) is 0 Å². The summed E-state index contributed by atoms with van der Waals surface area (Å²) in [6, 6.07) is 12.3. The van der Waals surface area contributed by atoms with Crippen molar-refractivity contribution in [1.82, 2.24) is 0 Å². The fourth-order valence-electron chi connectivity index (χ4n) is 3.33. The summed E-state index contributed by atoms with van der Waals surface area (Å²) in [4.78, 5) is 38.8. The maximum absolute atomic E-state index is 13.0. The molecule has 0 saturated heterocycles. The molecular weight excluding hydrogens is 437 g/mol. The van der Waals surface area contributed by atoms with E-state index in [4.69, 9.17) is 9.47 Å². The van der Waals surface area contributed by atoms with E-state index in [1.165, 1.54) is 0 Å². The third kappa shape index (κ3) is 7.44. The normalized spacial score (nSPS) is 12.7. The number of ketones is 1. The number of rotatable bonds is 9. The van der Waals surface area contributed by atoms with Gasteiger partial charge in [0.2, 0.25) is 0 Å². The predicted octanol–water partition coefficient (Wildman–Crippen LogP) is 5.58. The molecule has 0 unspecified atom stereocenters. The van der Waals surface area contributed by atoms with E-state index in [9.17, 15) is 27.6 Å². The molecule has 0 spiro atoms. The molecule has 8 heteroatoms. The highest BCUT2D eigenvalue weighted by molar-refractivity contribution is 6.00. The Hall–Kier alpha value is -3.16. The standard InChI is InChI=1S/C25H27F3O5/c1-15(2)32-23(30)22(24(31)33-16(3)4)20(17-8-6-5-7-9-17)14-21(29)18-10-12-19(13-11-18)25(26,27)28/h5-13,15-16,20,22H,14H2,1-4H3/t20-/m1/s1. The van der Waals surface area contributed by atoms with E-state index in [-0.39, 0.29) is 12.0 Å². The Morgan fingerprint density at radius 1 is 0.788 bits per heavy atom. The van der Waals surface area contributed by atoms with Crippen molar-refractivity contribution in [2.24, 2.45) is 5.92 Å². The molecule has 2 aromatic rings. The zero-order valence-electron chi connectivity index (χ0n) is 18.9. The number of hydrogen-bond donors (Lipinski definition) is 0. The van der Waals surface area contributed by atoms with Crippen LogP contribution in [0.2, 0.25) is 0 Å². The van der Waals surface area contributed by atoms with Gasteiger partial charge in [-0.15, -0.1) is 0 Å². The Labute approximate surface area is 190 Å². The van der Waals surface area contributed by atoms with Crippen LogP contribution in [0.3, 0.4) is 0 Å². The second kappa shape index (κ2) is 11.1. The van der Waals surface area contributed by atoms with E-state index in [1.807, 2.05) is 0 Å². The second-order valence-electron chi connectivity index (χ2n) is 8.17. The average molecular weight is 464 g/mol. The van der Waals surface area contributed by atoms with Crippen molar-refractivity contribution in [3.8, 4) is 0 Å². The van der Waals surface area contributed by atoms with Gasteiger partial charge in [0.1, 0.15) is 0 Å². The third-order valence-electron chi connectivity index (χ3n) is 4.78. The molecule has 0 bridgehead atoms. The molecule has 0 N–H and O–H groups in total. The molecule has 1 atom stereocenters. The van der Waals surface area contributed by atoms with Crippen molar-refractivity contribution in [3.05, 3.63) is 71.3 Å². The van der Waals surface area contributed by atoms with Crippen LogP contribution in [0.4, 0.5) is 13.2 Å². The van der Waals surface area contributed by atoms with Crippen molar-refractivity contribution < 1.29 is 37.0 Å². The van der Waals surface area contributed by atoms with Gasteiger partial charge >= 0.3 is 18.1 Å². The Balaban J connectivity index is 2.44. The minimum Gasteiger partial charge on any atom is -0.462 e. The summed E-state index contributed by atoms with van der Waals surface area (Å²) in [5.74, 6) is -4.53. The Morgan fingerprint density at radius 3 is 1.70 bits per heavy atom. The summed E-state index contributed by atoms with van der Waals surface area (Å²) in [6.45, 7) is 6.53. The Kier molecular flexibility index (Phi) is 8.79. The molecule has 0 radical (unpaired) electrons. The van der Waals surface area contributed by atoms with Gasteiger partial charge < -0.3 is 9.47 Å². The predicted molar refractivity (Wildman–Crippen MR) is 116 cm³/mol. The van der Waals surface area contributed by atoms with E-state index in [0.29, 0.717) is 5.56 Å². The van der Waals surface area contributed by atoms with E-state index < -0.39 is 53.5 Å². The lowest BCUT2D eigenvalue weighted by atomic mass is 9.81. The van der Waals surface area contributed by atoms with Gasteiger partial charge in [-0.1, -0.05) is 42.5 Å². The van der Waals surface area contributed by atoms with Crippen molar-refractivity contribution in [2.45, 2.75) is 58.4 Å². The molecule has 0 aliphatic carbocycles. The number of alkyl halides is 3. The molecule has 2 rings (SSSR count). The van der Waals surface area contributed by atoms with Crippen LogP contribution in [0.15, 0.2) is 54.6 Å². The zero-order chi connectivity index (χ0) is 24.8. The van der Waals surface area contributed by atoms with Crippen LogP contribution in [0.5, 0.6) is 0 Å². The molecule has 0 aliphatic heterocycles. The van der Waals surface area contributed by atoms with Gasteiger partial charge in [-0.2, -0.15) is 13.2 Å². The van der Waals surface area contributed by atoms with Crippen LogP contribution in [-0.2, 0) is 25.2 Å². The molecule has 2 aromatic carbocycles. The van der Waals surface area contributed by atoms with Crippen LogP contribution in [0, 0.1) is 5.92 Å². The van der Waals surface area contributed by atoms with E-state index in [1.54, 1.807) is 58.0 Å². The van der Waals surface area contributed by atoms with Crippen LogP contribution in [0.1, 0.15) is 61.5 Å². The molecule has 33 heavy (non-hydrogen) atoms. The fourth-order valence-corrected chi connectivity index (χ4v) is 3.33. The molecule has 0 amide bonds. The lowest BCUT2D eigenvalue weighted by Crippen LogP contribution is -2.36. The number of carbonyl (C=O) groups excluding carboxylic acids is 3. The number of halogens is 3. The molecule has 0 saturated carbocycles. The molecular formula is C25H27F3O5. The molecule has 0 heterocycles. The Morgan fingerprint density at radius 2 is 1.27 bits per heavy atom. The van der Waals surface area contributed by atoms with Gasteiger partial charge in [0, 0.05) is 17.9 Å². The monoisotopic (exact) mass is 464 g/mol. The number of Topliss-reactive ketones (excluding diaryl/α,β-unsaturated/α-hetero) is 1. The third-order valence-corrected chi connectivity index (χ3v) is 4.78. The first-order chi connectivity index (χ1) is 15.4. The number of hydrogen-bond acceptors (Lipinski definition) is 5. The summed E-state index contributed by atoms with van der Waals surface area (Å²) < 4.78 is 49.1. The van der Waals surface area contributed by atoms with Crippen molar-refractivity contribution >= 4 is 17.7 Å². The average Bonchev–Trinajstić information content (AvgIpc) is 2.72. The van der Waals surface area contributed by atoms with E-state index >= 15 is 0 Å². The highest BCUT2D eigenvalue weighted by atomic mass is 19.4. The molecule has 0 aromatic heterocycles. The van der Waals surface area contributed by atoms with Gasteiger partial charge in [0.15, 0.2) is 11.7 Å². The highest BCUT2D eigenvalue weighted by Gasteiger charge is 2.40. The molecule has 5 nitrogen and oxygen atoms in total. The van der Waals surface area contributed by atoms with Crippen LogP contribution >= 0.6 is 0 Å². The smallest absolute Gasteiger partial charge is 0.416 e. The summed E-state index contributed by atoms with van der Waals surface area (Å²) in [5.41, 5.74) is -0.307. The quantitative estimate of drug-likeness (QED) is 0.275. The summed E-state index contributed by atoms with van der Waals surface area (Å²) >= 11 is 0. The topological polar surface area (TPSA) is 69.7 Å². The van der Waals surface area contributed by atoms with Crippen LogP contribution < -0.4 is 0 Å². The maximum atomic E-state index is 13.0. The number of carbonyl (C=O) groups is 3. The van der Waals surface area contributed by atoms with Gasteiger partial charge in [-0.3, -0.25) is 14.4 Å².